The molecule has 1 atom stereocenters. The number of fused-ring (bicyclic) bond motifs is 1. The molecule has 0 bridgehead atoms. The van der Waals surface area contributed by atoms with E-state index in [1.54, 1.807) is 6.07 Å². The molecular formula is C14H20FNO2S. The molecule has 1 unspecified atom stereocenters. The first-order chi connectivity index (χ1) is 8.95. The normalized spacial score (nSPS) is 19.3. The number of unbranched alkanes of at least 4 members (excludes halogenated alkanes) is 1. The first kappa shape index (κ1) is 14.3. The first-order valence-corrected chi connectivity index (χ1v) is 8.37. The number of benzene rings is 1. The van der Waals surface area contributed by atoms with Crippen molar-refractivity contribution in [3.8, 4) is 0 Å². The van der Waals surface area contributed by atoms with Crippen LogP contribution in [0.3, 0.4) is 0 Å². The molecule has 19 heavy (non-hydrogen) atoms. The predicted octanol–water partition coefficient (Wildman–Crippen LogP) is 3.10. The van der Waals surface area contributed by atoms with Gasteiger partial charge in [0.25, 0.3) is 0 Å². The highest BCUT2D eigenvalue weighted by atomic mass is 32.2. The van der Waals surface area contributed by atoms with Gasteiger partial charge in [0, 0.05) is 6.04 Å². The number of nitrogens with zero attached hydrogens (tertiary/aromatic N) is 1. The molecule has 0 fully saturated rings. The van der Waals surface area contributed by atoms with Crippen LogP contribution in [0.4, 0.5) is 10.1 Å². The van der Waals surface area contributed by atoms with Gasteiger partial charge in [-0.3, -0.25) is 4.31 Å². The minimum atomic E-state index is -3.31. The molecule has 2 rings (SSSR count). The van der Waals surface area contributed by atoms with Crippen LogP contribution in [0.2, 0.25) is 0 Å². The van der Waals surface area contributed by atoms with Crippen molar-refractivity contribution in [2.75, 3.05) is 10.1 Å². The summed E-state index contributed by atoms with van der Waals surface area (Å²) in [6.45, 7) is 3.88. The largest absolute Gasteiger partial charge is 0.267 e. The van der Waals surface area contributed by atoms with Gasteiger partial charge in [-0.05, 0) is 49.9 Å². The summed E-state index contributed by atoms with van der Waals surface area (Å²) < 4.78 is 39.6. The van der Waals surface area contributed by atoms with Gasteiger partial charge >= 0.3 is 0 Å². The molecule has 1 aliphatic heterocycles. The Bertz CT molecular complexity index is 557. The number of aryl methyl sites for hydroxylation is 1. The van der Waals surface area contributed by atoms with Crippen LogP contribution in [-0.4, -0.2) is 20.2 Å². The van der Waals surface area contributed by atoms with Gasteiger partial charge < -0.3 is 0 Å². The summed E-state index contributed by atoms with van der Waals surface area (Å²) in [5.41, 5.74) is 1.44. The summed E-state index contributed by atoms with van der Waals surface area (Å²) in [6, 6.07) is 4.31. The Kier molecular flexibility index (Phi) is 4.13. The minimum Gasteiger partial charge on any atom is -0.267 e. The summed E-state index contributed by atoms with van der Waals surface area (Å²) in [5.74, 6) is -0.149. The van der Waals surface area contributed by atoms with Gasteiger partial charge in [-0.2, -0.15) is 0 Å². The highest BCUT2D eigenvalue weighted by molar-refractivity contribution is 7.92. The molecule has 0 saturated carbocycles. The second-order valence-electron chi connectivity index (χ2n) is 5.13. The van der Waals surface area contributed by atoms with Crippen LogP contribution in [0.25, 0.3) is 0 Å². The third kappa shape index (κ3) is 2.91. The molecular weight excluding hydrogens is 265 g/mol. The van der Waals surface area contributed by atoms with Crippen molar-refractivity contribution >= 4 is 15.7 Å². The maximum atomic E-state index is 13.3. The van der Waals surface area contributed by atoms with Crippen LogP contribution in [-0.2, 0) is 16.4 Å². The zero-order valence-corrected chi connectivity index (χ0v) is 12.2. The zero-order chi connectivity index (χ0) is 14.0. The molecule has 0 radical (unpaired) electrons. The molecule has 1 aromatic rings. The van der Waals surface area contributed by atoms with Crippen molar-refractivity contribution in [3.63, 3.8) is 0 Å². The minimum absolute atomic E-state index is 0.0557. The number of halogens is 1. The van der Waals surface area contributed by atoms with Crippen molar-refractivity contribution in [2.45, 2.75) is 45.6 Å². The summed E-state index contributed by atoms with van der Waals surface area (Å²) in [7, 11) is -3.31. The summed E-state index contributed by atoms with van der Waals surface area (Å²) >= 11 is 0. The Balaban J connectivity index is 2.40. The molecule has 0 aliphatic carbocycles. The second-order valence-corrected chi connectivity index (χ2v) is 7.09. The summed E-state index contributed by atoms with van der Waals surface area (Å²) in [6.07, 6.45) is 2.97. The lowest BCUT2D eigenvalue weighted by Crippen LogP contribution is -2.43. The van der Waals surface area contributed by atoms with E-state index >= 15 is 0 Å². The van der Waals surface area contributed by atoms with E-state index in [0.717, 1.165) is 24.8 Å². The smallest absolute Gasteiger partial charge is 0.235 e. The van der Waals surface area contributed by atoms with Gasteiger partial charge in [0.15, 0.2) is 0 Å². The number of sulfonamides is 1. The van der Waals surface area contributed by atoms with E-state index in [-0.39, 0.29) is 17.6 Å². The van der Waals surface area contributed by atoms with Crippen LogP contribution >= 0.6 is 0 Å². The van der Waals surface area contributed by atoms with E-state index < -0.39 is 10.0 Å². The summed E-state index contributed by atoms with van der Waals surface area (Å²) in [5, 5.41) is 0. The van der Waals surface area contributed by atoms with E-state index in [1.165, 1.54) is 16.4 Å². The monoisotopic (exact) mass is 285 g/mol. The number of anilines is 1. The van der Waals surface area contributed by atoms with E-state index in [4.69, 9.17) is 0 Å². The van der Waals surface area contributed by atoms with E-state index in [1.807, 2.05) is 13.8 Å². The highest BCUT2D eigenvalue weighted by Crippen LogP contribution is 2.33. The van der Waals surface area contributed by atoms with Gasteiger partial charge in [0.2, 0.25) is 10.0 Å². The lowest BCUT2D eigenvalue weighted by atomic mass is 9.99. The topological polar surface area (TPSA) is 37.4 Å². The molecule has 0 aromatic heterocycles. The van der Waals surface area contributed by atoms with Crippen LogP contribution in [0.15, 0.2) is 18.2 Å². The maximum Gasteiger partial charge on any atom is 0.235 e. The molecule has 3 nitrogen and oxygen atoms in total. The molecule has 106 valence electrons. The quantitative estimate of drug-likeness (QED) is 0.852. The van der Waals surface area contributed by atoms with Crippen molar-refractivity contribution < 1.29 is 12.8 Å². The predicted molar refractivity (Wildman–Crippen MR) is 75.4 cm³/mol. The van der Waals surface area contributed by atoms with Crippen LogP contribution in [0.1, 0.15) is 38.7 Å². The molecule has 5 heteroatoms. The number of hydrogen-bond acceptors (Lipinski definition) is 2. The average Bonchev–Trinajstić information content (AvgIpc) is 2.36. The Morgan fingerprint density at radius 3 is 2.84 bits per heavy atom. The molecule has 1 aliphatic rings. The fourth-order valence-corrected chi connectivity index (χ4v) is 4.52. The number of hydrogen-bond donors (Lipinski definition) is 0. The van der Waals surface area contributed by atoms with Gasteiger partial charge in [-0.1, -0.05) is 13.3 Å². The third-order valence-electron chi connectivity index (χ3n) is 3.57. The molecule has 0 amide bonds. The van der Waals surface area contributed by atoms with Crippen molar-refractivity contribution in [1.82, 2.24) is 0 Å². The Morgan fingerprint density at radius 1 is 1.42 bits per heavy atom. The lowest BCUT2D eigenvalue weighted by molar-refractivity contribution is 0.557. The van der Waals surface area contributed by atoms with Crippen molar-refractivity contribution in [3.05, 3.63) is 29.6 Å². The van der Waals surface area contributed by atoms with Crippen LogP contribution < -0.4 is 4.31 Å². The first-order valence-electron chi connectivity index (χ1n) is 6.76. The van der Waals surface area contributed by atoms with Gasteiger partial charge in [-0.15, -0.1) is 0 Å². The van der Waals surface area contributed by atoms with E-state index in [2.05, 4.69) is 0 Å². The van der Waals surface area contributed by atoms with Gasteiger partial charge in [-0.25, -0.2) is 12.8 Å². The summed E-state index contributed by atoms with van der Waals surface area (Å²) in [4.78, 5) is 0. The Morgan fingerprint density at radius 2 is 2.16 bits per heavy atom. The zero-order valence-electron chi connectivity index (χ0n) is 11.4. The third-order valence-corrected chi connectivity index (χ3v) is 5.53. The van der Waals surface area contributed by atoms with Crippen LogP contribution in [0, 0.1) is 5.82 Å². The second kappa shape index (κ2) is 5.49. The lowest BCUT2D eigenvalue weighted by Gasteiger charge is -2.36. The molecule has 1 aromatic carbocycles. The highest BCUT2D eigenvalue weighted by Gasteiger charge is 2.32. The molecule has 1 heterocycles. The molecule has 0 N–H and O–H groups in total. The molecule has 0 saturated heterocycles. The number of rotatable bonds is 4. The molecule has 0 spiro atoms. The van der Waals surface area contributed by atoms with Crippen molar-refractivity contribution in [1.29, 1.82) is 0 Å². The average molecular weight is 285 g/mol. The van der Waals surface area contributed by atoms with E-state index in [9.17, 15) is 12.8 Å². The van der Waals surface area contributed by atoms with Gasteiger partial charge in [0.1, 0.15) is 5.82 Å². The van der Waals surface area contributed by atoms with Crippen LogP contribution in [0.5, 0.6) is 0 Å². The standard InChI is InChI=1S/C14H20FNO2S/c1-3-4-9-19(17,18)16-11(2)5-6-12-10-13(15)7-8-14(12)16/h7-8,10-11H,3-6,9H2,1-2H3. The fourth-order valence-electron chi connectivity index (χ4n) is 2.54. The van der Waals surface area contributed by atoms with Crippen molar-refractivity contribution in [2.24, 2.45) is 0 Å². The SMILES string of the molecule is CCCCS(=O)(=O)N1c2ccc(F)cc2CCC1C. The van der Waals surface area contributed by atoms with E-state index in [0.29, 0.717) is 12.1 Å². The Labute approximate surface area is 114 Å². The maximum absolute atomic E-state index is 13.3. The van der Waals surface area contributed by atoms with Gasteiger partial charge in [0.05, 0.1) is 11.4 Å². The Hall–Kier alpha value is -1.10. The fraction of sp³-hybridized carbons (Fsp3) is 0.571.